The van der Waals surface area contributed by atoms with Gasteiger partial charge in [-0.25, -0.2) is 0 Å². The second-order valence-electron chi connectivity index (χ2n) is 4.15. The highest BCUT2D eigenvalue weighted by molar-refractivity contribution is 5.30. The molecule has 1 rings (SSSR count). The number of rotatable bonds is 6. The summed E-state index contributed by atoms with van der Waals surface area (Å²) in [4.78, 5) is 0. The van der Waals surface area contributed by atoms with Crippen LogP contribution in [0.15, 0.2) is 24.3 Å². The fourth-order valence-corrected chi connectivity index (χ4v) is 1.53. The Morgan fingerprint density at radius 3 is 2.67 bits per heavy atom. The molecule has 5 heteroatoms. The number of halogens is 3. The minimum atomic E-state index is -4.12. The molecule has 0 heterocycles. The summed E-state index contributed by atoms with van der Waals surface area (Å²) in [6.45, 7) is 2.03. The zero-order valence-electron chi connectivity index (χ0n) is 10.3. The van der Waals surface area contributed by atoms with Crippen LogP contribution in [-0.2, 0) is 0 Å². The van der Waals surface area contributed by atoms with Crippen LogP contribution in [0.2, 0.25) is 0 Å². The third-order valence-electron chi connectivity index (χ3n) is 2.60. The summed E-state index contributed by atoms with van der Waals surface area (Å²) in [5.41, 5.74) is 6.81. The van der Waals surface area contributed by atoms with E-state index in [1.165, 1.54) is 0 Å². The summed E-state index contributed by atoms with van der Waals surface area (Å²) in [6.07, 6.45) is -4.16. The van der Waals surface area contributed by atoms with Gasteiger partial charge in [-0.1, -0.05) is 19.1 Å². The number of alkyl halides is 3. The first-order valence-electron chi connectivity index (χ1n) is 5.97. The Labute approximate surface area is 105 Å². The van der Waals surface area contributed by atoms with E-state index in [-0.39, 0.29) is 19.1 Å². The Balaban J connectivity index is 2.43. The van der Waals surface area contributed by atoms with Crippen LogP contribution in [0, 0.1) is 0 Å². The summed E-state index contributed by atoms with van der Waals surface area (Å²) in [5.74, 6) is 0.568. The lowest BCUT2D eigenvalue weighted by Gasteiger charge is -2.12. The summed E-state index contributed by atoms with van der Waals surface area (Å²) in [7, 11) is 0. The van der Waals surface area contributed by atoms with E-state index in [9.17, 15) is 13.2 Å². The van der Waals surface area contributed by atoms with E-state index in [1.807, 2.05) is 13.0 Å². The van der Waals surface area contributed by atoms with E-state index in [4.69, 9.17) is 10.5 Å². The third-order valence-corrected chi connectivity index (χ3v) is 2.60. The van der Waals surface area contributed by atoms with E-state index in [0.29, 0.717) is 5.75 Å². The van der Waals surface area contributed by atoms with Crippen molar-refractivity contribution in [3.05, 3.63) is 29.8 Å². The van der Waals surface area contributed by atoms with E-state index < -0.39 is 12.6 Å². The van der Waals surface area contributed by atoms with Gasteiger partial charge in [-0.2, -0.15) is 13.2 Å². The molecular formula is C13H18F3NO. The maximum absolute atomic E-state index is 11.9. The topological polar surface area (TPSA) is 35.2 Å². The molecule has 0 aromatic heterocycles. The Morgan fingerprint density at radius 2 is 2.06 bits per heavy atom. The van der Waals surface area contributed by atoms with Crippen LogP contribution < -0.4 is 10.5 Å². The van der Waals surface area contributed by atoms with Crippen LogP contribution in [0.4, 0.5) is 13.2 Å². The molecule has 0 aliphatic rings. The SMILES string of the molecule is CCC(N)c1cccc(OCCCC(F)(F)F)c1. The molecule has 0 aliphatic carbocycles. The predicted molar refractivity (Wildman–Crippen MR) is 64.4 cm³/mol. The molecule has 0 radical (unpaired) electrons. The van der Waals surface area contributed by atoms with E-state index in [0.717, 1.165) is 12.0 Å². The van der Waals surface area contributed by atoms with Crippen molar-refractivity contribution in [3.8, 4) is 5.75 Å². The van der Waals surface area contributed by atoms with Crippen molar-refractivity contribution in [2.45, 2.75) is 38.4 Å². The minimum Gasteiger partial charge on any atom is -0.494 e. The molecule has 1 aromatic carbocycles. The lowest BCUT2D eigenvalue weighted by molar-refractivity contribution is -0.136. The Hall–Kier alpha value is -1.23. The van der Waals surface area contributed by atoms with Crippen LogP contribution in [0.3, 0.4) is 0 Å². The predicted octanol–water partition coefficient (Wildman–Crippen LogP) is 3.82. The van der Waals surface area contributed by atoms with Crippen molar-refractivity contribution in [3.63, 3.8) is 0 Å². The smallest absolute Gasteiger partial charge is 0.389 e. The highest BCUT2D eigenvalue weighted by Gasteiger charge is 2.26. The first-order chi connectivity index (χ1) is 8.42. The zero-order valence-corrected chi connectivity index (χ0v) is 10.3. The van der Waals surface area contributed by atoms with E-state index >= 15 is 0 Å². The molecule has 0 aliphatic heterocycles. The maximum atomic E-state index is 11.9. The van der Waals surface area contributed by atoms with Crippen LogP contribution in [0.5, 0.6) is 5.75 Å². The van der Waals surface area contributed by atoms with Crippen molar-refractivity contribution in [2.75, 3.05) is 6.61 Å². The normalized spacial score (nSPS) is 13.4. The number of benzene rings is 1. The Kier molecular flexibility index (Phi) is 5.47. The standard InChI is InChI=1S/C13H18F3NO/c1-2-12(17)10-5-3-6-11(9-10)18-8-4-7-13(14,15)16/h3,5-6,9,12H,2,4,7-8,17H2,1H3. The summed E-state index contributed by atoms with van der Waals surface area (Å²) >= 11 is 0. The molecule has 0 bridgehead atoms. The molecule has 1 aromatic rings. The molecule has 1 unspecified atom stereocenters. The molecule has 0 amide bonds. The summed E-state index contributed by atoms with van der Waals surface area (Å²) in [6, 6.07) is 7.12. The molecule has 0 saturated carbocycles. The van der Waals surface area contributed by atoms with Gasteiger partial charge in [-0.15, -0.1) is 0 Å². The second kappa shape index (κ2) is 6.64. The molecule has 0 saturated heterocycles. The van der Waals surface area contributed by atoms with Crippen LogP contribution in [-0.4, -0.2) is 12.8 Å². The second-order valence-corrected chi connectivity index (χ2v) is 4.15. The molecule has 2 N–H and O–H groups in total. The molecular weight excluding hydrogens is 243 g/mol. The highest BCUT2D eigenvalue weighted by Crippen LogP contribution is 2.23. The van der Waals surface area contributed by atoms with Gasteiger partial charge >= 0.3 is 6.18 Å². The number of nitrogens with two attached hydrogens (primary N) is 1. The third kappa shape index (κ3) is 5.40. The first kappa shape index (κ1) is 14.8. The summed E-state index contributed by atoms with van der Waals surface area (Å²) in [5, 5.41) is 0. The number of ether oxygens (including phenoxy) is 1. The average molecular weight is 261 g/mol. The fraction of sp³-hybridized carbons (Fsp3) is 0.538. The molecule has 0 fully saturated rings. The fourth-order valence-electron chi connectivity index (χ4n) is 1.53. The van der Waals surface area contributed by atoms with Crippen molar-refractivity contribution < 1.29 is 17.9 Å². The van der Waals surface area contributed by atoms with Crippen molar-refractivity contribution >= 4 is 0 Å². The van der Waals surface area contributed by atoms with Crippen LogP contribution in [0.1, 0.15) is 37.8 Å². The Bertz CT molecular complexity index is 365. The van der Waals surface area contributed by atoms with Gasteiger partial charge in [0.15, 0.2) is 0 Å². The maximum Gasteiger partial charge on any atom is 0.389 e. The molecule has 18 heavy (non-hydrogen) atoms. The van der Waals surface area contributed by atoms with Crippen LogP contribution in [0.25, 0.3) is 0 Å². The zero-order chi connectivity index (χ0) is 13.6. The highest BCUT2D eigenvalue weighted by atomic mass is 19.4. The van der Waals surface area contributed by atoms with Gasteiger partial charge in [-0.3, -0.25) is 0 Å². The quantitative estimate of drug-likeness (QED) is 0.790. The lowest BCUT2D eigenvalue weighted by atomic mass is 10.1. The summed E-state index contributed by atoms with van der Waals surface area (Å²) < 4.78 is 41.1. The monoisotopic (exact) mass is 261 g/mol. The van der Waals surface area contributed by atoms with Gasteiger partial charge in [0, 0.05) is 12.5 Å². The first-order valence-corrected chi connectivity index (χ1v) is 5.97. The van der Waals surface area contributed by atoms with E-state index in [1.54, 1.807) is 18.2 Å². The molecule has 2 nitrogen and oxygen atoms in total. The number of hydrogen-bond donors (Lipinski definition) is 1. The van der Waals surface area contributed by atoms with Gasteiger partial charge in [-0.05, 0) is 30.5 Å². The lowest BCUT2D eigenvalue weighted by Crippen LogP contribution is -2.10. The minimum absolute atomic E-state index is 0.0342. The van der Waals surface area contributed by atoms with Crippen molar-refractivity contribution in [1.29, 1.82) is 0 Å². The average Bonchev–Trinajstić information content (AvgIpc) is 2.33. The van der Waals surface area contributed by atoms with Gasteiger partial charge in [0.25, 0.3) is 0 Å². The van der Waals surface area contributed by atoms with Gasteiger partial charge < -0.3 is 10.5 Å². The number of hydrogen-bond acceptors (Lipinski definition) is 2. The Morgan fingerprint density at radius 1 is 1.33 bits per heavy atom. The van der Waals surface area contributed by atoms with Crippen molar-refractivity contribution in [2.24, 2.45) is 5.73 Å². The van der Waals surface area contributed by atoms with E-state index in [2.05, 4.69) is 0 Å². The molecule has 102 valence electrons. The van der Waals surface area contributed by atoms with Gasteiger partial charge in [0.05, 0.1) is 6.61 Å². The van der Waals surface area contributed by atoms with Gasteiger partial charge in [0.2, 0.25) is 0 Å². The van der Waals surface area contributed by atoms with Crippen molar-refractivity contribution in [1.82, 2.24) is 0 Å². The van der Waals surface area contributed by atoms with Crippen LogP contribution >= 0.6 is 0 Å². The van der Waals surface area contributed by atoms with Gasteiger partial charge in [0.1, 0.15) is 5.75 Å². The largest absolute Gasteiger partial charge is 0.494 e. The molecule has 1 atom stereocenters. The molecule has 0 spiro atoms.